The van der Waals surface area contributed by atoms with Crippen LogP contribution in [0.1, 0.15) is 26.3 Å². The first kappa shape index (κ1) is 35.4. The van der Waals surface area contributed by atoms with Gasteiger partial charge in [0.2, 0.25) is 0 Å². The molecule has 0 aliphatic carbocycles. The van der Waals surface area contributed by atoms with Crippen LogP contribution in [-0.2, 0) is 5.41 Å². The van der Waals surface area contributed by atoms with Crippen LogP contribution >= 0.6 is 0 Å². The topological polar surface area (TPSA) is 19.0 Å². The second kappa shape index (κ2) is 13.5. The van der Waals surface area contributed by atoms with E-state index < -0.39 is 0 Å². The predicted molar refractivity (Wildman–Crippen MR) is 257 cm³/mol. The minimum absolute atomic E-state index is 0.0354. The Labute approximate surface area is 357 Å². The van der Waals surface area contributed by atoms with Gasteiger partial charge in [0, 0.05) is 50.5 Å². The fourth-order valence-corrected chi connectivity index (χ4v) is 9.97. The van der Waals surface area contributed by atoms with Crippen LogP contribution in [0.25, 0.3) is 21.9 Å². The van der Waals surface area contributed by atoms with Crippen molar-refractivity contribution in [2.75, 3.05) is 14.7 Å². The molecule has 290 valence electrons. The summed E-state index contributed by atoms with van der Waals surface area (Å²) in [5, 5.41) is 2.39. The normalized spacial score (nSPS) is 13.2. The van der Waals surface area contributed by atoms with E-state index in [9.17, 15) is 0 Å². The number of hydrogen-bond acceptors (Lipinski definition) is 4. The first-order valence-electron chi connectivity index (χ1n) is 21.2. The van der Waals surface area contributed by atoms with Crippen LogP contribution in [0.5, 0.6) is 11.5 Å². The summed E-state index contributed by atoms with van der Waals surface area (Å²) in [7, 11) is 0. The fourth-order valence-electron chi connectivity index (χ4n) is 9.97. The van der Waals surface area contributed by atoms with E-state index in [0.29, 0.717) is 0 Å². The number of rotatable bonds is 5. The molecule has 4 nitrogen and oxygen atoms in total. The maximum atomic E-state index is 7.27. The van der Waals surface area contributed by atoms with E-state index in [1.807, 2.05) is 0 Å². The number of benzene rings is 9. The van der Waals surface area contributed by atoms with Crippen molar-refractivity contribution in [1.29, 1.82) is 0 Å². The van der Waals surface area contributed by atoms with Crippen molar-refractivity contribution in [3.8, 4) is 22.6 Å². The lowest BCUT2D eigenvalue weighted by Gasteiger charge is -2.42. The molecule has 0 aromatic heterocycles. The Bertz CT molecular complexity index is 3120. The highest BCUT2D eigenvalue weighted by Gasteiger charge is 2.44. The summed E-state index contributed by atoms with van der Waals surface area (Å²) in [6.45, 7) is 6.83. The first-order chi connectivity index (χ1) is 29.9. The van der Waals surface area contributed by atoms with E-state index in [1.54, 1.807) is 0 Å². The van der Waals surface area contributed by atoms with Crippen LogP contribution in [0.3, 0.4) is 0 Å². The Morgan fingerprint density at radius 3 is 1.70 bits per heavy atom. The summed E-state index contributed by atoms with van der Waals surface area (Å²) < 4.78 is 7.27. The second-order valence-electron chi connectivity index (χ2n) is 17.3. The molecule has 3 aliphatic rings. The van der Waals surface area contributed by atoms with E-state index in [0.717, 1.165) is 56.9 Å². The Balaban J connectivity index is 1.12. The lowest BCUT2D eigenvalue weighted by molar-refractivity contribution is 0.483. The van der Waals surface area contributed by atoms with Gasteiger partial charge in [0.1, 0.15) is 11.5 Å². The Kier molecular flexibility index (Phi) is 7.86. The highest BCUT2D eigenvalue weighted by Crippen LogP contribution is 2.55. The van der Waals surface area contributed by atoms with Crippen LogP contribution in [0.15, 0.2) is 200 Å². The van der Waals surface area contributed by atoms with Gasteiger partial charge in [0.05, 0.1) is 17.1 Å². The van der Waals surface area contributed by atoms with Gasteiger partial charge in [-0.25, -0.2) is 0 Å². The highest BCUT2D eigenvalue weighted by atomic mass is 16.5. The zero-order chi connectivity index (χ0) is 40.8. The lowest BCUT2D eigenvalue weighted by Crippen LogP contribution is -2.59. The summed E-state index contributed by atoms with van der Waals surface area (Å²) in [6, 6.07) is 72.8. The maximum absolute atomic E-state index is 7.27. The van der Waals surface area contributed by atoms with Crippen molar-refractivity contribution in [2.45, 2.75) is 26.2 Å². The van der Waals surface area contributed by atoms with E-state index in [1.165, 1.54) is 49.7 Å². The van der Waals surface area contributed by atoms with E-state index >= 15 is 0 Å². The summed E-state index contributed by atoms with van der Waals surface area (Å²) in [5.74, 6) is 1.82. The maximum Gasteiger partial charge on any atom is 0.256 e. The van der Waals surface area contributed by atoms with Gasteiger partial charge in [-0.2, -0.15) is 0 Å². The van der Waals surface area contributed by atoms with Crippen molar-refractivity contribution in [2.24, 2.45) is 0 Å². The van der Waals surface area contributed by atoms with E-state index in [4.69, 9.17) is 4.74 Å². The third-order valence-corrected chi connectivity index (χ3v) is 12.7. The van der Waals surface area contributed by atoms with Gasteiger partial charge in [-0.1, -0.05) is 130 Å². The van der Waals surface area contributed by atoms with Gasteiger partial charge >= 0.3 is 0 Å². The summed E-state index contributed by atoms with van der Waals surface area (Å²) >= 11 is 0. The first-order valence-corrected chi connectivity index (χ1v) is 21.2. The quantitative estimate of drug-likeness (QED) is 0.162. The summed E-state index contributed by atoms with van der Waals surface area (Å²) in [6.07, 6.45) is 0. The predicted octanol–water partition coefficient (Wildman–Crippen LogP) is 13.5. The Morgan fingerprint density at radius 1 is 0.459 bits per heavy atom. The average Bonchev–Trinajstić information content (AvgIpc) is 3.30. The molecule has 0 radical (unpaired) electrons. The van der Waals surface area contributed by atoms with Crippen LogP contribution in [0.4, 0.5) is 51.2 Å². The van der Waals surface area contributed by atoms with Gasteiger partial charge in [-0.15, -0.1) is 0 Å². The Hall–Kier alpha value is -7.50. The van der Waals surface area contributed by atoms with Gasteiger partial charge < -0.3 is 19.4 Å². The Morgan fingerprint density at radius 2 is 1.05 bits per heavy atom. The van der Waals surface area contributed by atoms with Crippen molar-refractivity contribution in [3.05, 3.63) is 206 Å². The summed E-state index contributed by atoms with van der Waals surface area (Å²) in [5.41, 5.74) is 17.4. The zero-order valence-electron chi connectivity index (χ0n) is 34.4. The molecule has 0 N–H and O–H groups in total. The SMILES string of the molecule is CC(C)(C)c1cc2c3c(c1)N(c1ccccc1)c1ccccc1B3c1cc3c(cc1O2)-c1ccc(N(c2ccccc2)c2ccccc2)c2cccc(c12)N3c1ccccc1. The van der Waals surface area contributed by atoms with Gasteiger partial charge in [-0.3, -0.25) is 0 Å². The molecule has 0 unspecified atom stereocenters. The molecule has 0 atom stereocenters. The fraction of sp³-hybridized carbons (Fsp3) is 0.0714. The third kappa shape index (κ3) is 5.47. The molecule has 9 aromatic rings. The van der Waals surface area contributed by atoms with Crippen molar-refractivity contribution >= 4 is 85.1 Å². The van der Waals surface area contributed by atoms with Crippen molar-refractivity contribution in [3.63, 3.8) is 0 Å². The molecule has 0 bridgehead atoms. The van der Waals surface area contributed by atoms with Crippen molar-refractivity contribution < 1.29 is 4.74 Å². The number of ether oxygens (including phenoxy) is 1. The largest absolute Gasteiger partial charge is 0.458 e. The monoisotopic (exact) mass is 783 g/mol. The number of nitrogens with zero attached hydrogens (tertiary/aromatic N) is 3. The molecule has 3 heterocycles. The van der Waals surface area contributed by atoms with Gasteiger partial charge in [-0.05, 0) is 124 Å². The molecule has 0 amide bonds. The molecule has 0 saturated carbocycles. The minimum atomic E-state index is -0.0968. The highest BCUT2D eigenvalue weighted by molar-refractivity contribution is 6.99. The van der Waals surface area contributed by atoms with Gasteiger partial charge in [0.25, 0.3) is 6.71 Å². The summed E-state index contributed by atoms with van der Waals surface area (Å²) in [4.78, 5) is 7.28. The second-order valence-corrected chi connectivity index (χ2v) is 17.3. The number of hydrogen-bond donors (Lipinski definition) is 0. The number of para-hydroxylation sites is 5. The van der Waals surface area contributed by atoms with Crippen LogP contribution in [-0.4, -0.2) is 6.71 Å². The van der Waals surface area contributed by atoms with Crippen LogP contribution < -0.4 is 35.8 Å². The number of anilines is 9. The molecule has 3 aliphatic heterocycles. The lowest BCUT2D eigenvalue weighted by atomic mass is 9.34. The molecule has 0 fully saturated rings. The van der Waals surface area contributed by atoms with E-state index in [2.05, 4.69) is 236 Å². The standard InChI is InChI=1S/C56H42BN3O/c1-56(2,3)37-33-51-55-53(34-37)61-52-35-44-42-31-32-47(58(38-19-8-4-9-20-38)39-21-10-5-11-22-39)43-27-18-30-49(54(42)43)60(41-25-14-7-15-26-41)50(44)36-46(52)57(55)45-28-16-17-29-48(45)59(51)40-23-12-6-13-24-40/h4-36H,1-3H3. The molecule has 61 heavy (non-hydrogen) atoms. The molecule has 9 aromatic carbocycles. The average molecular weight is 784 g/mol. The van der Waals surface area contributed by atoms with Gasteiger partial charge in [0.15, 0.2) is 0 Å². The van der Waals surface area contributed by atoms with Crippen LogP contribution in [0.2, 0.25) is 0 Å². The molecular formula is C56H42BN3O. The van der Waals surface area contributed by atoms with E-state index in [-0.39, 0.29) is 12.1 Å². The number of fused-ring (bicyclic) bond motifs is 6. The molecule has 0 spiro atoms. The van der Waals surface area contributed by atoms with Crippen LogP contribution in [0, 0.1) is 0 Å². The zero-order valence-corrected chi connectivity index (χ0v) is 34.4. The van der Waals surface area contributed by atoms with Crippen molar-refractivity contribution in [1.82, 2.24) is 0 Å². The molecular weight excluding hydrogens is 741 g/mol. The molecule has 5 heteroatoms. The molecule has 12 rings (SSSR count). The molecule has 0 saturated heterocycles. The smallest absolute Gasteiger partial charge is 0.256 e. The third-order valence-electron chi connectivity index (χ3n) is 12.7. The minimum Gasteiger partial charge on any atom is -0.458 e.